The number of aryl methyl sites for hydroxylation is 2. The molecule has 0 atom stereocenters. The predicted octanol–water partition coefficient (Wildman–Crippen LogP) is 2.54. The molecule has 0 saturated carbocycles. The second kappa shape index (κ2) is 5.50. The van der Waals surface area contributed by atoms with Crippen molar-refractivity contribution in [2.24, 2.45) is 0 Å². The van der Waals surface area contributed by atoms with Crippen LogP contribution in [0.1, 0.15) is 11.1 Å². The van der Waals surface area contributed by atoms with Gasteiger partial charge in [0.1, 0.15) is 10.7 Å². The summed E-state index contributed by atoms with van der Waals surface area (Å²) in [7, 11) is -1.90. The van der Waals surface area contributed by atoms with Crippen LogP contribution in [0.3, 0.4) is 0 Å². The van der Waals surface area contributed by atoms with Crippen molar-refractivity contribution >= 4 is 21.5 Å². The molecule has 20 heavy (non-hydrogen) atoms. The molecular formula is C14H17N3O2S. The number of nitrogens with one attached hydrogen (secondary N) is 2. The Labute approximate surface area is 119 Å². The molecule has 0 aliphatic carbocycles. The van der Waals surface area contributed by atoms with Crippen LogP contribution in [0.5, 0.6) is 0 Å². The molecular weight excluding hydrogens is 274 g/mol. The topological polar surface area (TPSA) is 71.1 Å². The summed E-state index contributed by atoms with van der Waals surface area (Å²) in [5, 5.41) is 2.85. The van der Waals surface area contributed by atoms with E-state index >= 15 is 0 Å². The first-order valence-corrected chi connectivity index (χ1v) is 7.65. The number of anilines is 2. The molecule has 0 aliphatic heterocycles. The molecule has 0 amide bonds. The van der Waals surface area contributed by atoms with Crippen LogP contribution >= 0.6 is 0 Å². The van der Waals surface area contributed by atoms with Gasteiger partial charge in [0.2, 0.25) is 0 Å². The smallest absolute Gasteiger partial charge is 0.263 e. The molecule has 0 bridgehead atoms. The minimum atomic E-state index is -3.62. The van der Waals surface area contributed by atoms with Gasteiger partial charge < -0.3 is 5.32 Å². The molecule has 5 nitrogen and oxygen atoms in total. The monoisotopic (exact) mass is 291 g/mol. The fraction of sp³-hybridized carbons (Fsp3) is 0.214. The van der Waals surface area contributed by atoms with Crippen LogP contribution in [-0.2, 0) is 10.0 Å². The van der Waals surface area contributed by atoms with Crippen molar-refractivity contribution in [1.82, 2.24) is 4.98 Å². The molecule has 0 fully saturated rings. The first-order valence-electron chi connectivity index (χ1n) is 6.17. The van der Waals surface area contributed by atoms with Crippen LogP contribution in [0, 0.1) is 13.8 Å². The average Bonchev–Trinajstić information content (AvgIpc) is 2.43. The molecule has 0 unspecified atom stereocenters. The zero-order chi connectivity index (χ0) is 14.8. The zero-order valence-electron chi connectivity index (χ0n) is 11.6. The molecule has 0 saturated heterocycles. The normalized spacial score (nSPS) is 11.2. The highest BCUT2D eigenvalue weighted by molar-refractivity contribution is 7.92. The average molecular weight is 291 g/mol. The van der Waals surface area contributed by atoms with Gasteiger partial charge in [-0.15, -0.1) is 0 Å². The standard InChI is InChI=1S/C14H17N3O2S/c1-10-5-4-6-11(2)14(10)17-20(18,19)12-7-8-13(15-3)16-9-12/h4-9,17H,1-3H3,(H,15,16). The molecule has 6 heteroatoms. The molecule has 1 heterocycles. The second-order valence-electron chi connectivity index (χ2n) is 4.50. The molecule has 1 aromatic carbocycles. The van der Waals surface area contributed by atoms with Crippen LogP contribution < -0.4 is 10.0 Å². The fourth-order valence-electron chi connectivity index (χ4n) is 1.86. The molecule has 1 aromatic heterocycles. The van der Waals surface area contributed by atoms with Crippen molar-refractivity contribution < 1.29 is 8.42 Å². The Bertz CT molecular complexity index is 689. The number of benzene rings is 1. The summed E-state index contributed by atoms with van der Waals surface area (Å²) in [5.74, 6) is 0.621. The first kappa shape index (κ1) is 14.3. The lowest BCUT2D eigenvalue weighted by Gasteiger charge is -2.13. The SMILES string of the molecule is CNc1ccc(S(=O)(=O)Nc2c(C)cccc2C)cn1. The van der Waals surface area contributed by atoms with Gasteiger partial charge in [0.15, 0.2) is 0 Å². The number of hydrogen-bond donors (Lipinski definition) is 2. The van der Waals surface area contributed by atoms with Crippen molar-refractivity contribution in [3.63, 3.8) is 0 Å². The van der Waals surface area contributed by atoms with Gasteiger partial charge in [-0.25, -0.2) is 13.4 Å². The number of aromatic nitrogens is 1. The van der Waals surface area contributed by atoms with Crippen LogP contribution in [0.25, 0.3) is 0 Å². The highest BCUT2D eigenvalue weighted by Gasteiger charge is 2.16. The largest absolute Gasteiger partial charge is 0.373 e. The maximum Gasteiger partial charge on any atom is 0.263 e. The molecule has 106 valence electrons. The number of para-hydroxylation sites is 1. The lowest BCUT2D eigenvalue weighted by molar-refractivity contribution is 0.600. The van der Waals surface area contributed by atoms with Crippen LogP contribution in [0.15, 0.2) is 41.4 Å². The van der Waals surface area contributed by atoms with Crippen LogP contribution in [0.4, 0.5) is 11.5 Å². The summed E-state index contributed by atoms with van der Waals surface area (Å²) in [6.45, 7) is 3.74. The Morgan fingerprint density at radius 1 is 1.05 bits per heavy atom. The van der Waals surface area contributed by atoms with E-state index in [0.29, 0.717) is 11.5 Å². The Morgan fingerprint density at radius 3 is 2.20 bits per heavy atom. The van der Waals surface area contributed by atoms with Gasteiger partial charge >= 0.3 is 0 Å². The Balaban J connectivity index is 2.35. The van der Waals surface area contributed by atoms with Crippen molar-refractivity contribution in [2.45, 2.75) is 18.7 Å². The van der Waals surface area contributed by atoms with E-state index in [9.17, 15) is 8.42 Å². The number of sulfonamides is 1. The third-order valence-corrected chi connectivity index (χ3v) is 4.36. The Morgan fingerprint density at radius 2 is 1.70 bits per heavy atom. The summed E-state index contributed by atoms with van der Waals surface area (Å²) in [4.78, 5) is 4.16. The molecule has 2 rings (SSSR count). The molecule has 0 radical (unpaired) electrons. The van der Waals surface area contributed by atoms with Crippen LogP contribution in [-0.4, -0.2) is 20.4 Å². The van der Waals surface area contributed by atoms with Gasteiger partial charge in [-0.05, 0) is 37.1 Å². The van der Waals surface area contributed by atoms with E-state index in [-0.39, 0.29) is 4.90 Å². The van der Waals surface area contributed by atoms with E-state index in [2.05, 4.69) is 15.0 Å². The molecule has 2 aromatic rings. The van der Waals surface area contributed by atoms with Crippen molar-refractivity contribution in [3.05, 3.63) is 47.7 Å². The van der Waals surface area contributed by atoms with E-state index in [0.717, 1.165) is 11.1 Å². The summed E-state index contributed by atoms with van der Waals surface area (Å²) in [6, 6.07) is 8.78. The fourth-order valence-corrected chi connectivity index (χ4v) is 3.00. The quantitative estimate of drug-likeness (QED) is 0.908. The van der Waals surface area contributed by atoms with E-state index in [1.165, 1.54) is 12.3 Å². The van der Waals surface area contributed by atoms with Gasteiger partial charge in [0.25, 0.3) is 10.0 Å². The van der Waals surface area contributed by atoms with Gasteiger partial charge in [-0.2, -0.15) is 0 Å². The maximum absolute atomic E-state index is 12.3. The lowest BCUT2D eigenvalue weighted by atomic mass is 10.1. The second-order valence-corrected chi connectivity index (χ2v) is 6.18. The molecule has 0 spiro atoms. The third-order valence-electron chi connectivity index (χ3n) is 3.02. The summed E-state index contributed by atoms with van der Waals surface area (Å²) < 4.78 is 27.3. The van der Waals surface area contributed by atoms with E-state index < -0.39 is 10.0 Å². The highest BCUT2D eigenvalue weighted by atomic mass is 32.2. The summed E-state index contributed by atoms with van der Waals surface area (Å²) in [5.41, 5.74) is 2.38. The van der Waals surface area contributed by atoms with Gasteiger partial charge in [-0.1, -0.05) is 18.2 Å². The van der Waals surface area contributed by atoms with Crippen molar-refractivity contribution in [1.29, 1.82) is 0 Å². The Kier molecular flexibility index (Phi) is 3.94. The predicted molar refractivity (Wildman–Crippen MR) is 80.5 cm³/mol. The summed E-state index contributed by atoms with van der Waals surface area (Å²) in [6.07, 6.45) is 1.34. The van der Waals surface area contributed by atoms with Crippen LogP contribution in [0.2, 0.25) is 0 Å². The number of nitrogens with zero attached hydrogens (tertiary/aromatic N) is 1. The van der Waals surface area contributed by atoms with Crippen molar-refractivity contribution in [2.75, 3.05) is 17.1 Å². The van der Waals surface area contributed by atoms with Gasteiger partial charge in [-0.3, -0.25) is 4.72 Å². The highest BCUT2D eigenvalue weighted by Crippen LogP contribution is 2.23. The maximum atomic E-state index is 12.3. The van der Waals surface area contributed by atoms with E-state index in [1.807, 2.05) is 32.0 Å². The molecule has 2 N–H and O–H groups in total. The zero-order valence-corrected chi connectivity index (χ0v) is 12.5. The minimum absolute atomic E-state index is 0.138. The number of rotatable bonds is 4. The first-order chi connectivity index (χ1) is 9.44. The summed E-state index contributed by atoms with van der Waals surface area (Å²) >= 11 is 0. The molecule has 0 aliphatic rings. The minimum Gasteiger partial charge on any atom is -0.373 e. The third kappa shape index (κ3) is 2.91. The number of pyridine rings is 1. The Hall–Kier alpha value is -2.08. The van der Waals surface area contributed by atoms with E-state index in [1.54, 1.807) is 13.1 Å². The van der Waals surface area contributed by atoms with Gasteiger partial charge in [0.05, 0.1) is 5.69 Å². The lowest BCUT2D eigenvalue weighted by Crippen LogP contribution is -2.15. The van der Waals surface area contributed by atoms with Gasteiger partial charge in [0, 0.05) is 13.2 Å². The van der Waals surface area contributed by atoms with E-state index in [4.69, 9.17) is 0 Å². The van der Waals surface area contributed by atoms with Crippen molar-refractivity contribution in [3.8, 4) is 0 Å². The number of hydrogen-bond acceptors (Lipinski definition) is 4.